The summed E-state index contributed by atoms with van der Waals surface area (Å²) in [5.74, 6) is -1.61. The zero-order chi connectivity index (χ0) is 23.8. The number of ether oxygens (including phenoxy) is 3. The molecule has 0 bridgehead atoms. The molecule has 0 saturated carbocycles. The Morgan fingerprint density at radius 2 is 1.66 bits per heavy atom. The van der Waals surface area contributed by atoms with Gasteiger partial charge in [0.25, 0.3) is 5.91 Å². The van der Waals surface area contributed by atoms with Gasteiger partial charge in [-0.3, -0.25) is 9.59 Å². The topological polar surface area (TPSA) is 104 Å². The van der Waals surface area contributed by atoms with Crippen molar-refractivity contribution < 1.29 is 28.6 Å². The van der Waals surface area contributed by atoms with Crippen molar-refractivity contribution in [1.29, 1.82) is 0 Å². The second kappa shape index (κ2) is 11.3. The number of rotatable bonds is 9. The number of hydrogen-bond acceptors (Lipinski definition) is 7. The van der Waals surface area contributed by atoms with Gasteiger partial charge in [-0.05, 0) is 25.3 Å². The van der Waals surface area contributed by atoms with Crippen LogP contribution in [0.5, 0.6) is 11.5 Å². The number of carbonyl (C=O) groups is 3. The van der Waals surface area contributed by atoms with E-state index >= 15 is 0 Å². The van der Waals surface area contributed by atoms with Crippen LogP contribution in [-0.2, 0) is 14.3 Å². The molecule has 0 spiro atoms. The fourth-order valence-corrected chi connectivity index (χ4v) is 3.55. The summed E-state index contributed by atoms with van der Waals surface area (Å²) in [4.78, 5) is 40.9. The maximum Gasteiger partial charge on any atom is 0.328 e. The summed E-state index contributed by atoms with van der Waals surface area (Å²) in [7, 11) is 1.38. The van der Waals surface area contributed by atoms with Crippen molar-refractivity contribution in [1.82, 2.24) is 10.3 Å². The summed E-state index contributed by atoms with van der Waals surface area (Å²) in [6.07, 6.45) is 0.939. The first-order valence-electron chi connectivity index (χ1n) is 10.4. The molecular weight excluding hydrogens is 412 g/mol. The van der Waals surface area contributed by atoms with Crippen LogP contribution in [0.4, 0.5) is 0 Å². The second-order valence-corrected chi connectivity index (χ2v) is 7.80. The smallest absolute Gasteiger partial charge is 0.328 e. The highest BCUT2D eigenvalue weighted by Gasteiger charge is 2.29. The maximum absolute atomic E-state index is 12.8. The van der Waals surface area contributed by atoms with Crippen LogP contribution in [-0.4, -0.2) is 42.1 Å². The third kappa shape index (κ3) is 6.29. The first kappa shape index (κ1) is 24.8. The summed E-state index contributed by atoms with van der Waals surface area (Å²) in [6, 6.07) is 10.4. The molecule has 8 nitrogen and oxygen atoms in total. The number of pyridine rings is 1. The van der Waals surface area contributed by atoms with E-state index in [9.17, 15) is 14.4 Å². The van der Waals surface area contributed by atoms with Crippen molar-refractivity contribution in [3.05, 3.63) is 53.9 Å². The molecule has 0 saturated heterocycles. The Morgan fingerprint density at radius 1 is 1.00 bits per heavy atom. The highest BCUT2D eigenvalue weighted by Crippen LogP contribution is 2.31. The van der Waals surface area contributed by atoms with Crippen LogP contribution in [0, 0.1) is 5.92 Å². The third-order valence-electron chi connectivity index (χ3n) is 4.96. The molecule has 0 unspecified atom stereocenters. The van der Waals surface area contributed by atoms with Gasteiger partial charge in [0, 0.05) is 25.1 Å². The highest BCUT2D eigenvalue weighted by atomic mass is 16.6. The van der Waals surface area contributed by atoms with Crippen LogP contribution in [0.25, 0.3) is 0 Å². The van der Waals surface area contributed by atoms with Crippen molar-refractivity contribution in [2.24, 2.45) is 5.92 Å². The van der Waals surface area contributed by atoms with Crippen molar-refractivity contribution in [3.8, 4) is 11.5 Å². The molecule has 0 aliphatic carbocycles. The fraction of sp³-hybridized carbons (Fsp3) is 0.417. The molecule has 2 aromatic rings. The Morgan fingerprint density at radius 3 is 2.22 bits per heavy atom. The van der Waals surface area contributed by atoms with E-state index in [0.29, 0.717) is 0 Å². The normalized spacial score (nSPS) is 13.6. The van der Waals surface area contributed by atoms with Gasteiger partial charge in [0.05, 0.1) is 7.11 Å². The molecule has 8 heteroatoms. The Kier molecular flexibility index (Phi) is 8.75. The van der Waals surface area contributed by atoms with E-state index in [1.807, 2.05) is 37.3 Å². The lowest BCUT2D eigenvalue weighted by molar-refractivity contribution is -0.151. The standard InChI is InChI=1S/C24H30N2O6/c1-14(2)20(18-10-8-7-9-11-18)16(4)31-24(29)15(3)26-23(28)21-22(32-17(5)27)19(30-6)12-13-25-21/h7-16,20H,1-6H3,(H,26,28)/t15-,16-,20+/m0/s1. The van der Waals surface area contributed by atoms with Crippen LogP contribution < -0.4 is 14.8 Å². The molecular formula is C24H30N2O6. The number of esters is 2. The van der Waals surface area contributed by atoms with Gasteiger partial charge in [-0.2, -0.15) is 0 Å². The molecule has 172 valence electrons. The number of amides is 1. The minimum absolute atomic E-state index is 0.00123. The molecule has 1 heterocycles. The summed E-state index contributed by atoms with van der Waals surface area (Å²) in [5.41, 5.74) is 0.905. The van der Waals surface area contributed by atoms with E-state index in [0.717, 1.165) is 5.56 Å². The maximum atomic E-state index is 12.8. The van der Waals surface area contributed by atoms with E-state index in [-0.39, 0.29) is 29.0 Å². The summed E-state index contributed by atoms with van der Waals surface area (Å²) >= 11 is 0. The zero-order valence-corrected chi connectivity index (χ0v) is 19.2. The van der Waals surface area contributed by atoms with Gasteiger partial charge in [0.2, 0.25) is 5.75 Å². The van der Waals surface area contributed by atoms with Crippen molar-refractivity contribution in [2.75, 3.05) is 7.11 Å². The lowest BCUT2D eigenvalue weighted by atomic mass is 9.84. The molecule has 32 heavy (non-hydrogen) atoms. The van der Waals surface area contributed by atoms with Crippen LogP contribution in [0.2, 0.25) is 0 Å². The number of methoxy groups -OCH3 is 1. The van der Waals surface area contributed by atoms with E-state index < -0.39 is 30.0 Å². The van der Waals surface area contributed by atoms with Crippen LogP contribution in [0.15, 0.2) is 42.6 Å². The monoisotopic (exact) mass is 442 g/mol. The average Bonchev–Trinajstić information content (AvgIpc) is 2.73. The van der Waals surface area contributed by atoms with E-state index in [1.54, 1.807) is 0 Å². The molecule has 1 amide bonds. The number of hydrogen-bond donors (Lipinski definition) is 1. The van der Waals surface area contributed by atoms with Gasteiger partial charge in [-0.15, -0.1) is 0 Å². The largest absolute Gasteiger partial charge is 0.493 e. The van der Waals surface area contributed by atoms with E-state index in [2.05, 4.69) is 24.1 Å². The number of aromatic nitrogens is 1. The van der Waals surface area contributed by atoms with Crippen LogP contribution in [0.1, 0.15) is 56.6 Å². The first-order valence-corrected chi connectivity index (χ1v) is 10.4. The minimum Gasteiger partial charge on any atom is -0.493 e. The molecule has 0 fully saturated rings. The number of nitrogens with zero attached hydrogens (tertiary/aromatic N) is 1. The summed E-state index contributed by atoms with van der Waals surface area (Å²) < 4.78 is 15.9. The van der Waals surface area contributed by atoms with Crippen molar-refractivity contribution in [3.63, 3.8) is 0 Å². The van der Waals surface area contributed by atoms with Gasteiger partial charge in [0.1, 0.15) is 12.1 Å². The Balaban J connectivity index is 2.12. The highest BCUT2D eigenvalue weighted by molar-refractivity contribution is 5.98. The second-order valence-electron chi connectivity index (χ2n) is 7.80. The molecule has 3 atom stereocenters. The SMILES string of the molecule is COc1ccnc(C(=O)N[C@@H](C)C(=O)O[C@@H](C)[C@H](c2ccccc2)C(C)C)c1OC(C)=O. The van der Waals surface area contributed by atoms with Crippen LogP contribution >= 0.6 is 0 Å². The molecule has 1 N–H and O–H groups in total. The Labute approximate surface area is 188 Å². The third-order valence-corrected chi connectivity index (χ3v) is 4.96. The molecule has 1 aromatic carbocycles. The van der Waals surface area contributed by atoms with Gasteiger partial charge >= 0.3 is 11.9 Å². The quantitative estimate of drug-likeness (QED) is 0.593. The zero-order valence-electron chi connectivity index (χ0n) is 19.2. The average molecular weight is 443 g/mol. The lowest BCUT2D eigenvalue weighted by Crippen LogP contribution is -2.42. The molecule has 2 rings (SSSR count). The van der Waals surface area contributed by atoms with E-state index in [4.69, 9.17) is 14.2 Å². The Hall–Kier alpha value is -3.42. The van der Waals surface area contributed by atoms with Crippen molar-refractivity contribution >= 4 is 17.8 Å². The van der Waals surface area contributed by atoms with Crippen LogP contribution in [0.3, 0.4) is 0 Å². The van der Waals surface area contributed by atoms with E-state index in [1.165, 1.54) is 33.2 Å². The Bertz CT molecular complexity index is 945. The first-order chi connectivity index (χ1) is 15.1. The number of benzene rings is 1. The minimum atomic E-state index is -0.952. The lowest BCUT2D eigenvalue weighted by Gasteiger charge is -2.28. The summed E-state index contributed by atoms with van der Waals surface area (Å²) in [5, 5.41) is 2.55. The summed E-state index contributed by atoms with van der Waals surface area (Å²) in [6.45, 7) is 8.70. The molecule has 0 aliphatic heterocycles. The van der Waals surface area contributed by atoms with Gasteiger partial charge < -0.3 is 19.5 Å². The molecule has 0 radical (unpaired) electrons. The van der Waals surface area contributed by atoms with Gasteiger partial charge in [0.15, 0.2) is 11.4 Å². The molecule has 1 aromatic heterocycles. The number of carbonyl (C=O) groups excluding carboxylic acids is 3. The molecule has 0 aliphatic rings. The predicted octanol–water partition coefficient (Wildman–Crippen LogP) is 3.51. The van der Waals surface area contributed by atoms with Crippen molar-refractivity contribution in [2.45, 2.75) is 52.7 Å². The van der Waals surface area contributed by atoms with Gasteiger partial charge in [-0.25, -0.2) is 9.78 Å². The van der Waals surface area contributed by atoms with Gasteiger partial charge in [-0.1, -0.05) is 44.2 Å². The number of nitrogens with one attached hydrogen (secondary N) is 1. The fourth-order valence-electron chi connectivity index (χ4n) is 3.55. The predicted molar refractivity (Wildman–Crippen MR) is 119 cm³/mol.